The van der Waals surface area contributed by atoms with Crippen LogP contribution in [0.2, 0.25) is 5.02 Å². The minimum absolute atomic E-state index is 0.423. The summed E-state index contributed by atoms with van der Waals surface area (Å²) in [7, 11) is 1.91. The van der Waals surface area contributed by atoms with Crippen LogP contribution in [0.3, 0.4) is 0 Å². The zero-order valence-corrected chi connectivity index (χ0v) is 11.3. The molecule has 4 heteroatoms. The predicted octanol–water partition coefficient (Wildman–Crippen LogP) is 3.54. The summed E-state index contributed by atoms with van der Waals surface area (Å²) in [4.78, 5) is 0. The van der Waals surface area contributed by atoms with Crippen molar-refractivity contribution in [3.63, 3.8) is 0 Å². The molecule has 1 N–H and O–H groups in total. The summed E-state index contributed by atoms with van der Waals surface area (Å²) in [6.07, 6.45) is 0. The molecule has 1 aromatic heterocycles. The Morgan fingerprint density at radius 3 is 2.67 bits per heavy atom. The first kappa shape index (κ1) is 13.0. The van der Waals surface area contributed by atoms with E-state index in [4.69, 9.17) is 20.8 Å². The molecule has 2 aromatic rings. The van der Waals surface area contributed by atoms with Crippen molar-refractivity contribution in [1.82, 2.24) is 5.32 Å². The Morgan fingerprint density at radius 2 is 2.00 bits per heavy atom. The fraction of sp³-hybridized carbons (Fsp3) is 0.286. The maximum absolute atomic E-state index is 5.81. The third kappa shape index (κ3) is 3.28. The topological polar surface area (TPSA) is 34.4 Å². The van der Waals surface area contributed by atoms with E-state index in [1.54, 1.807) is 12.1 Å². The van der Waals surface area contributed by atoms with Crippen molar-refractivity contribution in [1.29, 1.82) is 0 Å². The molecule has 0 atom stereocenters. The highest BCUT2D eigenvalue weighted by molar-refractivity contribution is 6.30. The third-order valence-electron chi connectivity index (χ3n) is 2.63. The molecule has 96 valence electrons. The van der Waals surface area contributed by atoms with E-state index >= 15 is 0 Å². The largest absolute Gasteiger partial charge is 0.486 e. The molecule has 0 spiro atoms. The standard InChI is InChI=1S/C14H16ClNO2/c1-10-11(8-16-2)7-14(18-10)9-17-13-5-3-12(15)4-6-13/h3-7,16H,8-9H2,1-2H3. The quantitative estimate of drug-likeness (QED) is 0.898. The second-order valence-corrected chi connectivity index (χ2v) is 4.50. The average Bonchev–Trinajstić information content (AvgIpc) is 2.70. The number of furan rings is 1. The maximum Gasteiger partial charge on any atom is 0.146 e. The number of ether oxygens (including phenoxy) is 1. The van der Waals surface area contributed by atoms with Gasteiger partial charge in [0.15, 0.2) is 0 Å². The Morgan fingerprint density at radius 1 is 1.28 bits per heavy atom. The van der Waals surface area contributed by atoms with Crippen molar-refractivity contribution in [3.8, 4) is 5.75 Å². The highest BCUT2D eigenvalue weighted by Crippen LogP contribution is 2.19. The van der Waals surface area contributed by atoms with Gasteiger partial charge < -0.3 is 14.5 Å². The van der Waals surface area contributed by atoms with Crippen LogP contribution in [0.15, 0.2) is 34.7 Å². The number of benzene rings is 1. The van der Waals surface area contributed by atoms with Crippen molar-refractivity contribution in [3.05, 3.63) is 52.4 Å². The molecule has 0 fully saturated rings. The summed E-state index contributed by atoms with van der Waals surface area (Å²) >= 11 is 5.81. The number of aryl methyl sites for hydroxylation is 1. The van der Waals surface area contributed by atoms with Crippen LogP contribution in [0, 0.1) is 6.92 Å². The predicted molar refractivity (Wildman–Crippen MR) is 72.0 cm³/mol. The van der Waals surface area contributed by atoms with Gasteiger partial charge in [0.25, 0.3) is 0 Å². The van der Waals surface area contributed by atoms with Gasteiger partial charge >= 0.3 is 0 Å². The second-order valence-electron chi connectivity index (χ2n) is 4.07. The van der Waals surface area contributed by atoms with Gasteiger partial charge in [-0.15, -0.1) is 0 Å². The van der Waals surface area contributed by atoms with Crippen molar-refractivity contribution >= 4 is 11.6 Å². The summed E-state index contributed by atoms with van der Waals surface area (Å²) < 4.78 is 11.2. The van der Waals surface area contributed by atoms with E-state index in [1.807, 2.05) is 32.2 Å². The monoisotopic (exact) mass is 265 g/mol. The summed E-state index contributed by atoms with van der Waals surface area (Å²) in [5, 5.41) is 3.80. The molecule has 0 unspecified atom stereocenters. The molecule has 0 saturated heterocycles. The van der Waals surface area contributed by atoms with E-state index in [9.17, 15) is 0 Å². The minimum Gasteiger partial charge on any atom is -0.486 e. The van der Waals surface area contributed by atoms with Crippen LogP contribution < -0.4 is 10.1 Å². The molecule has 0 aliphatic carbocycles. The molecule has 0 radical (unpaired) electrons. The van der Waals surface area contributed by atoms with E-state index in [0.29, 0.717) is 11.6 Å². The molecule has 1 heterocycles. The van der Waals surface area contributed by atoms with Crippen molar-refractivity contribution < 1.29 is 9.15 Å². The van der Waals surface area contributed by atoms with E-state index in [-0.39, 0.29) is 0 Å². The van der Waals surface area contributed by atoms with Crippen LogP contribution in [0.1, 0.15) is 17.1 Å². The van der Waals surface area contributed by atoms with Gasteiger partial charge in [0, 0.05) is 17.1 Å². The third-order valence-corrected chi connectivity index (χ3v) is 2.89. The molecule has 3 nitrogen and oxygen atoms in total. The lowest BCUT2D eigenvalue weighted by Gasteiger charge is -2.03. The van der Waals surface area contributed by atoms with E-state index in [2.05, 4.69) is 5.32 Å². The Labute approximate surface area is 112 Å². The van der Waals surface area contributed by atoms with Crippen LogP contribution in [0.4, 0.5) is 0 Å². The first-order valence-electron chi connectivity index (χ1n) is 5.80. The summed E-state index contributed by atoms with van der Waals surface area (Å²) in [5.41, 5.74) is 1.16. The van der Waals surface area contributed by atoms with Gasteiger partial charge in [-0.05, 0) is 44.3 Å². The normalized spacial score (nSPS) is 10.6. The highest BCUT2D eigenvalue weighted by atomic mass is 35.5. The van der Waals surface area contributed by atoms with Crippen LogP contribution in [-0.4, -0.2) is 7.05 Å². The lowest BCUT2D eigenvalue weighted by Crippen LogP contribution is -2.04. The van der Waals surface area contributed by atoms with Crippen LogP contribution in [0.5, 0.6) is 5.75 Å². The van der Waals surface area contributed by atoms with Crippen molar-refractivity contribution in [2.75, 3.05) is 7.05 Å². The second kappa shape index (κ2) is 5.94. The number of nitrogens with one attached hydrogen (secondary N) is 1. The molecule has 0 saturated carbocycles. The Balaban J connectivity index is 1.97. The Bertz CT molecular complexity index is 505. The van der Waals surface area contributed by atoms with Gasteiger partial charge in [0.05, 0.1) is 0 Å². The van der Waals surface area contributed by atoms with Gasteiger partial charge in [-0.25, -0.2) is 0 Å². The first-order valence-corrected chi connectivity index (χ1v) is 6.18. The van der Waals surface area contributed by atoms with Gasteiger partial charge in [-0.3, -0.25) is 0 Å². The van der Waals surface area contributed by atoms with Gasteiger partial charge in [0.2, 0.25) is 0 Å². The van der Waals surface area contributed by atoms with Gasteiger partial charge in [-0.1, -0.05) is 11.6 Å². The van der Waals surface area contributed by atoms with E-state index in [1.165, 1.54) is 0 Å². The summed E-state index contributed by atoms with van der Waals surface area (Å²) in [6, 6.07) is 9.30. The molecule has 2 rings (SSSR count). The number of hydrogen-bond donors (Lipinski definition) is 1. The lowest BCUT2D eigenvalue weighted by atomic mass is 10.2. The van der Waals surface area contributed by atoms with Crippen LogP contribution in [0.25, 0.3) is 0 Å². The Hall–Kier alpha value is -1.45. The fourth-order valence-corrected chi connectivity index (χ4v) is 1.84. The zero-order valence-electron chi connectivity index (χ0n) is 10.5. The minimum atomic E-state index is 0.423. The molecule has 1 aromatic carbocycles. The molecule has 0 bridgehead atoms. The molecule has 0 aliphatic rings. The van der Waals surface area contributed by atoms with E-state index < -0.39 is 0 Å². The molecule has 0 amide bonds. The summed E-state index contributed by atoms with van der Waals surface area (Å²) in [6.45, 7) is 3.18. The number of halogens is 1. The first-order chi connectivity index (χ1) is 8.69. The molecule has 18 heavy (non-hydrogen) atoms. The zero-order chi connectivity index (χ0) is 13.0. The van der Waals surface area contributed by atoms with Crippen LogP contribution in [-0.2, 0) is 13.2 Å². The van der Waals surface area contributed by atoms with Crippen LogP contribution >= 0.6 is 11.6 Å². The molecule has 0 aliphatic heterocycles. The summed E-state index contributed by atoms with van der Waals surface area (Å²) in [5.74, 6) is 2.54. The fourth-order valence-electron chi connectivity index (χ4n) is 1.71. The lowest BCUT2D eigenvalue weighted by molar-refractivity contribution is 0.267. The SMILES string of the molecule is CNCc1cc(COc2ccc(Cl)cc2)oc1C. The van der Waals surface area contributed by atoms with Gasteiger partial charge in [0.1, 0.15) is 23.9 Å². The number of hydrogen-bond acceptors (Lipinski definition) is 3. The Kier molecular flexibility index (Phi) is 4.28. The van der Waals surface area contributed by atoms with Crippen molar-refractivity contribution in [2.24, 2.45) is 0 Å². The smallest absolute Gasteiger partial charge is 0.146 e. The average molecular weight is 266 g/mol. The van der Waals surface area contributed by atoms with Crippen molar-refractivity contribution in [2.45, 2.75) is 20.1 Å². The van der Waals surface area contributed by atoms with Gasteiger partial charge in [-0.2, -0.15) is 0 Å². The molecular weight excluding hydrogens is 250 g/mol. The van der Waals surface area contributed by atoms with E-state index in [0.717, 1.165) is 29.4 Å². The number of rotatable bonds is 5. The molecular formula is C14H16ClNO2. The maximum atomic E-state index is 5.81. The highest BCUT2D eigenvalue weighted by Gasteiger charge is 2.07.